The zero-order valence-electron chi connectivity index (χ0n) is 14.4. The maximum absolute atomic E-state index is 14.3. The quantitative estimate of drug-likeness (QED) is 0.378. The van der Waals surface area contributed by atoms with Crippen LogP contribution in [-0.2, 0) is 13.0 Å². The second-order valence-electron chi connectivity index (χ2n) is 6.97. The fraction of sp³-hybridized carbons (Fsp3) is 0.130. The van der Waals surface area contributed by atoms with E-state index in [1.165, 1.54) is 40.3 Å². The highest BCUT2D eigenvalue weighted by molar-refractivity contribution is 5.95. The van der Waals surface area contributed by atoms with Crippen molar-refractivity contribution in [3.63, 3.8) is 0 Å². The minimum atomic E-state index is -0.501. The van der Waals surface area contributed by atoms with Crippen LogP contribution in [0.1, 0.15) is 22.3 Å². The van der Waals surface area contributed by atoms with Crippen LogP contribution in [0.5, 0.6) is 0 Å². The lowest BCUT2D eigenvalue weighted by atomic mass is 10.1. The highest BCUT2D eigenvalue weighted by Crippen LogP contribution is 2.43. The largest absolute Gasteiger partial charge is 0.336 e. The summed E-state index contributed by atoms with van der Waals surface area (Å²) < 4.78 is 30.7. The minimum Gasteiger partial charge on any atom is -0.336 e. The van der Waals surface area contributed by atoms with E-state index in [9.17, 15) is 8.78 Å². The molecule has 0 saturated carbocycles. The Morgan fingerprint density at radius 3 is 2.50 bits per heavy atom. The van der Waals surface area contributed by atoms with Crippen molar-refractivity contribution in [1.82, 2.24) is 4.57 Å². The van der Waals surface area contributed by atoms with Crippen molar-refractivity contribution in [3.8, 4) is 11.3 Å². The Morgan fingerprint density at radius 1 is 0.923 bits per heavy atom. The minimum absolute atomic E-state index is 0.108. The third kappa shape index (κ3) is 2.13. The Balaban J connectivity index is 1.81. The molecule has 0 radical (unpaired) electrons. The molecule has 0 aliphatic heterocycles. The van der Waals surface area contributed by atoms with Crippen LogP contribution in [0.3, 0.4) is 0 Å². The SMILES string of the molecule is Cc1ccc2c(c1)c1c(n2Cc2c(F)cccc2F)-c2ccccc2C1. The second-order valence-corrected chi connectivity index (χ2v) is 6.97. The fourth-order valence-electron chi connectivity index (χ4n) is 4.13. The summed E-state index contributed by atoms with van der Waals surface area (Å²) in [6.07, 6.45) is 0.859. The molecule has 0 saturated heterocycles. The number of hydrogen-bond donors (Lipinski definition) is 0. The second kappa shape index (κ2) is 5.53. The van der Waals surface area contributed by atoms with E-state index in [4.69, 9.17) is 0 Å². The summed E-state index contributed by atoms with van der Waals surface area (Å²) in [7, 11) is 0. The van der Waals surface area contributed by atoms with Gasteiger partial charge in [0.25, 0.3) is 0 Å². The highest BCUT2D eigenvalue weighted by Gasteiger charge is 2.27. The summed E-state index contributed by atoms with van der Waals surface area (Å²) >= 11 is 0. The van der Waals surface area contributed by atoms with Crippen LogP contribution in [0.2, 0.25) is 0 Å². The van der Waals surface area contributed by atoms with Crippen LogP contribution in [0.4, 0.5) is 8.78 Å². The van der Waals surface area contributed by atoms with Gasteiger partial charge in [0.2, 0.25) is 0 Å². The first-order valence-electron chi connectivity index (χ1n) is 8.76. The summed E-state index contributed by atoms with van der Waals surface area (Å²) in [5.41, 5.74) is 7.09. The van der Waals surface area contributed by atoms with Crippen LogP contribution in [0, 0.1) is 18.6 Å². The maximum atomic E-state index is 14.3. The Hall–Kier alpha value is -2.94. The molecule has 1 nitrogen and oxygen atoms in total. The van der Waals surface area contributed by atoms with Crippen molar-refractivity contribution in [3.05, 3.63) is 94.6 Å². The first-order chi connectivity index (χ1) is 12.6. The molecule has 128 valence electrons. The van der Waals surface area contributed by atoms with Crippen molar-refractivity contribution < 1.29 is 8.78 Å². The average Bonchev–Trinajstić information content (AvgIpc) is 3.14. The Bertz CT molecular complexity index is 1150. The lowest BCUT2D eigenvalue weighted by molar-refractivity contribution is 0.547. The molecule has 0 N–H and O–H groups in total. The Morgan fingerprint density at radius 2 is 1.69 bits per heavy atom. The van der Waals surface area contributed by atoms with Gasteiger partial charge in [-0.15, -0.1) is 0 Å². The van der Waals surface area contributed by atoms with Crippen LogP contribution in [-0.4, -0.2) is 4.57 Å². The number of fused-ring (bicyclic) bond motifs is 5. The summed E-state index contributed by atoms with van der Waals surface area (Å²) in [5.74, 6) is -1.00. The van der Waals surface area contributed by atoms with Gasteiger partial charge >= 0.3 is 0 Å². The zero-order chi connectivity index (χ0) is 17.8. The Kier molecular flexibility index (Phi) is 3.26. The summed E-state index contributed by atoms with van der Waals surface area (Å²) in [6, 6.07) is 18.6. The molecule has 1 aliphatic carbocycles. The molecule has 1 aromatic heterocycles. The molecular weight excluding hydrogens is 328 g/mol. The zero-order valence-corrected chi connectivity index (χ0v) is 14.4. The standard InChI is InChI=1S/C23H17F2N/c1-14-9-10-22-17(11-14)18-12-15-5-2-3-6-16(15)23(18)26(22)13-19-20(24)7-4-8-21(19)25/h2-11H,12-13H2,1H3. The molecule has 0 amide bonds. The molecule has 4 aromatic rings. The molecule has 0 atom stereocenters. The van der Waals surface area contributed by atoms with Gasteiger partial charge in [-0.05, 0) is 42.3 Å². The van der Waals surface area contributed by atoms with E-state index in [0.717, 1.165) is 23.2 Å². The van der Waals surface area contributed by atoms with Gasteiger partial charge in [0.05, 0.1) is 12.2 Å². The lowest BCUT2D eigenvalue weighted by Gasteiger charge is -2.13. The topological polar surface area (TPSA) is 4.93 Å². The third-order valence-corrected chi connectivity index (χ3v) is 5.34. The highest BCUT2D eigenvalue weighted by atomic mass is 19.1. The molecule has 26 heavy (non-hydrogen) atoms. The van der Waals surface area contributed by atoms with E-state index < -0.39 is 11.6 Å². The van der Waals surface area contributed by atoms with Crippen molar-refractivity contribution >= 4 is 10.9 Å². The average molecular weight is 345 g/mol. The number of aromatic nitrogens is 1. The van der Waals surface area contributed by atoms with Gasteiger partial charge in [-0.3, -0.25) is 0 Å². The number of hydrogen-bond acceptors (Lipinski definition) is 0. The number of rotatable bonds is 2. The third-order valence-electron chi connectivity index (χ3n) is 5.34. The van der Waals surface area contributed by atoms with E-state index in [-0.39, 0.29) is 12.1 Å². The van der Waals surface area contributed by atoms with Crippen molar-refractivity contribution in [2.75, 3.05) is 0 Å². The van der Waals surface area contributed by atoms with E-state index in [2.05, 4.69) is 41.8 Å². The molecule has 0 fully saturated rings. The van der Waals surface area contributed by atoms with E-state index >= 15 is 0 Å². The number of aryl methyl sites for hydroxylation is 1. The predicted molar refractivity (Wildman–Crippen MR) is 100 cm³/mol. The van der Waals surface area contributed by atoms with Gasteiger partial charge < -0.3 is 4.57 Å². The van der Waals surface area contributed by atoms with Crippen LogP contribution in [0.15, 0.2) is 60.7 Å². The van der Waals surface area contributed by atoms with E-state index in [1.807, 2.05) is 12.1 Å². The van der Waals surface area contributed by atoms with Gasteiger partial charge in [-0.25, -0.2) is 8.78 Å². The van der Waals surface area contributed by atoms with Gasteiger partial charge in [0, 0.05) is 28.5 Å². The predicted octanol–water partition coefficient (Wildman–Crippen LogP) is 5.85. The monoisotopic (exact) mass is 345 g/mol. The summed E-state index contributed by atoms with van der Waals surface area (Å²) in [4.78, 5) is 0. The molecule has 3 aromatic carbocycles. The summed E-state index contributed by atoms with van der Waals surface area (Å²) in [5, 5.41) is 1.17. The molecule has 5 rings (SSSR count). The van der Waals surface area contributed by atoms with Crippen LogP contribution < -0.4 is 0 Å². The van der Waals surface area contributed by atoms with Gasteiger partial charge in [-0.2, -0.15) is 0 Å². The molecule has 0 bridgehead atoms. The molecule has 3 heteroatoms. The molecule has 1 aliphatic rings. The van der Waals surface area contributed by atoms with Gasteiger partial charge in [-0.1, -0.05) is 42.0 Å². The molecule has 0 unspecified atom stereocenters. The van der Waals surface area contributed by atoms with Gasteiger partial charge in [0.1, 0.15) is 11.6 Å². The maximum Gasteiger partial charge on any atom is 0.131 e. The van der Waals surface area contributed by atoms with E-state index in [1.54, 1.807) is 0 Å². The Labute approximate surface area is 150 Å². The molecular formula is C23H17F2N. The van der Waals surface area contributed by atoms with Crippen LogP contribution in [0.25, 0.3) is 22.2 Å². The first-order valence-corrected chi connectivity index (χ1v) is 8.76. The van der Waals surface area contributed by atoms with Crippen LogP contribution >= 0.6 is 0 Å². The van der Waals surface area contributed by atoms with E-state index in [0.29, 0.717) is 0 Å². The number of halogens is 2. The lowest BCUT2D eigenvalue weighted by Crippen LogP contribution is -2.06. The van der Waals surface area contributed by atoms with Crippen molar-refractivity contribution in [2.45, 2.75) is 19.9 Å². The van der Waals surface area contributed by atoms with Gasteiger partial charge in [0.15, 0.2) is 0 Å². The molecule has 1 heterocycles. The molecule has 0 spiro atoms. The smallest absolute Gasteiger partial charge is 0.131 e. The number of nitrogens with zero attached hydrogens (tertiary/aromatic N) is 1. The fourth-order valence-corrected chi connectivity index (χ4v) is 4.13. The normalized spacial score (nSPS) is 12.4. The number of benzene rings is 3. The van der Waals surface area contributed by atoms with Crippen molar-refractivity contribution in [2.24, 2.45) is 0 Å². The first kappa shape index (κ1) is 15.3. The van der Waals surface area contributed by atoms with Crippen molar-refractivity contribution in [1.29, 1.82) is 0 Å². The summed E-state index contributed by atoms with van der Waals surface area (Å²) in [6.45, 7) is 2.25.